The fraction of sp³-hybridized carbons (Fsp3) is 0.353. The van der Waals surface area contributed by atoms with Gasteiger partial charge in [0.1, 0.15) is 35.2 Å². The number of aliphatic hydroxyl groups excluding tert-OH is 4. The van der Waals surface area contributed by atoms with Gasteiger partial charge in [0, 0.05) is 34.2 Å². The third kappa shape index (κ3) is 2.98. The van der Waals surface area contributed by atoms with Gasteiger partial charge in [0.2, 0.25) is 6.29 Å². The Kier molecular flexibility index (Phi) is 4.65. The van der Waals surface area contributed by atoms with Gasteiger partial charge in [-0.15, -0.1) is 11.3 Å². The summed E-state index contributed by atoms with van der Waals surface area (Å²) in [5.74, 6) is 0.416. The van der Waals surface area contributed by atoms with Gasteiger partial charge in [-0.3, -0.25) is 0 Å². The molecule has 5 N–H and O–H groups in total. The summed E-state index contributed by atoms with van der Waals surface area (Å²) in [5, 5.41) is 42.7. The third-order valence-electron chi connectivity index (χ3n) is 4.42. The fourth-order valence-electron chi connectivity index (χ4n) is 3.01. The van der Waals surface area contributed by atoms with E-state index in [4.69, 9.17) is 9.47 Å². The van der Waals surface area contributed by atoms with E-state index in [-0.39, 0.29) is 0 Å². The van der Waals surface area contributed by atoms with E-state index >= 15 is 0 Å². The molecule has 3 heterocycles. The van der Waals surface area contributed by atoms with E-state index in [0.717, 1.165) is 21.5 Å². The zero-order valence-electron chi connectivity index (χ0n) is 13.5. The summed E-state index contributed by atoms with van der Waals surface area (Å²) in [7, 11) is 0. The lowest BCUT2D eigenvalue weighted by molar-refractivity contribution is -0.277. The molecule has 0 unspecified atom stereocenters. The number of aromatic amines is 1. The quantitative estimate of drug-likeness (QED) is 0.446. The molecule has 2 aromatic heterocycles. The largest absolute Gasteiger partial charge is 0.462 e. The number of hydrogen-bond donors (Lipinski definition) is 5. The number of nitrogens with one attached hydrogen (secondary N) is 1. The van der Waals surface area contributed by atoms with Gasteiger partial charge in [0.25, 0.3) is 0 Å². The lowest BCUT2D eigenvalue weighted by Crippen LogP contribution is -2.60. The van der Waals surface area contributed by atoms with E-state index in [9.17, 15) is 20.4 Å². The number of rotatable bonds is 4. The highest BCUT2D eigenvalue weighted by atomic mass is 32.1. The second-order valence-electron chi connectivity index (χ2n) is 6.06. The smallest absolute Gasteiger partial charge is 0.229 e. The minimum absolute atomic E-state index is 0.416. The Morgan fingerprint density at radius 2 is 2.04 bits per heavy atom. The highest BCUT2D eigenvalue weighted by molar-refractivity contribution is 7.13. The van der Waals surface area contributed by atoms with E-state index in [1.54, 1.807) is 18.3 Å². The van der Waals surface area contributed by atoms with Crippen LogP contribution in [0.4, 0.5) is 0 Å². The first-order valence-corrected chi connectivity index (χ1v) is 8.94. The molecule has 3 aromatic rings. The van der Waals surface area contributed by atoms with Crippen molar-refractivity contribution in [3.8, 4) is 16.3 Å². The van der Waals surface area contributed by atoms with E-state index < -0.39 is 37.3 Å². The molecule has 0 saturated carbocycles. The molecule has 1 aromatic carbocycles. The molecule has 26 heavy (non-hydrogen) atoms. The van der Waals surface area contributed by atoms with Crippen LogP contribution in [0.5, 0.6) is 5.75 Å². The van der Waals surface area contributed by atoms with Crippen molar-refractivity contribution < 1.29 is 29.9 Å². The van der Waals surface area contributed by atoms with Gasteiger partial charge in [-0.05, 0) is 18.2 Å². The van der Waals surface area contributed by atoms with Gasteiger partial charge < -0.3 is 34.9 Å². The number of aliphatic hydroxyl groups is 4. The zero-order valence-corrected chi connectivity index (χ0v) is 14.3. The summed E-state index contributed by atoms with van der Waals surface area (Å²) in [5.41, 5.74) is 1.82. The normalized spacial score (nSPS) is 29.2. The Balaban J connectivity index is 1.62. The van der Waals surface area contributed by atoms with Crippen molar-refractivity contribution in [2.24, 2.45) is 0 Å². The highest BCUT2D eigenvalue weighted by Gasteiger charge is 2.44. The number of H-pyrrole nitrogens is 1. The molecule has 0 aliphatic carbocycles. The lowest BCUT2D eigenvalue weighted by Gasteiger charge is -2.39. The van der Waals surface area contributed by atoms with Crippen LogP contribution in [0.1, 0.15) is 0 Å². The Morgan fingerprint density at radius 3 is 2.77 bits per heavy atom. The molecule has 8 nitrogen and oxygen atoms in total. The van der Waals surface area contributed by atoms with Crippen LogP contribution in [-0.2, 0) is 4.74 Å². The van der Waals surface area contributed by atoms with Crippen LogP contribution in [-0.4, -0.2) is 67.7 Å². The Hall–Kier alpha value is -2.01. The molecule has 1 saturated heterocycles. The maximum Gasteiger partial charge on any atom is 0.229 e. The molecule has 1 aliphatic heterocycles. The zero-order chi connectivity index (χ0) is 18.3. The highest BCUT2D eigenvalue weighted by Crippen LogP contribution is 2.33. The van der Waals surface area contributed by atoms with Crippen LogP contribution in [0.3, 0.4) is 0 Å². The van der Waals surface area contributed by atoms with Gasteiger partial charge in [-0.25, -0.2) is 4.98 Å². The summed E-state index contributed by atoms with van der Waals surface area (Å²) in [6, 6.07) is 5.31. The standard InChI is InChI=1S/C17H18N2O6S/c20-7-12-13(21)14(22)15(23)17(25-12)24-8-1-2-11-9(5-8)10(6-19-11)16-18-3-4-26-16/h1-6,12-15,17,19-23H,7H2/t12-,13+,14-,15-,17-/m1/s1. The summed E-state index contributed by atoms with van der Waals surface area (Å²) in [6.07, 6.45) is -2.99. The lowest BCUT2D eigenvalue weighted by atomic mass is 9.99. The Labute approximate surface area is 152 Å². The fourth-order valence-corrected chi connectivity index (χ4v) is 3.67. The number of ether oxygens (including phenoxy) is 2. The molecule has 0 amide bonds. The summed E-state index contributed by atoms with van der Waals surface area (Å²) < 4.78 is 11.1. The van der Waals surface area contributed by atoms with Crippen molar-refractivity contribution in [2.75, 3.05) is 6.61 Å². The van der Waals surface area contributed by atoms with Crippen LogP contribution < -0.4 is 4.74 Å². The number of nitrogens with zero attached hydrogens (tertiary/aromatic N) is 1. The van der Waals surface area contributed by atoms with Gasteiger partial charge in [-0.1, -0.05) is 0 Å². The third-order valence-corrected chi connectivity index (χ3v) is 5.22. The van der Waals surface area contributed by atoms with Crippen molar-refractivity contribution in [3.05, 3.63) is 36.0 Å². The van der Waals surface area contributed by atoms with Crippen LogP contribution in [0.25, 0.3) is 21.5 Å². The average Bonchev–Trinajstić information content (AvgIpc) is 3.31. The second kappa shape index (κ2) is 6.95. The molecule has 138 valence electrons. The van der Waals surface area contributed by atoms with Crippen molar-refractivity contribution in [3.63, 3.8) is 0 Å². The van der Waals surface area contributed by atoms with Crippen LogP contribution in [0, 0.1) is 0 Å². The summed E-state index contributed by atoms with van der Waals surface area (Å²) in [4.78, 5) is 7.48. The predicted octanol–water partition coefficient (Wildman–Crippen LogP) is 0.470. The molecule has 0 bridgehead atoms. The Morgan fingerprint density at radius 1 is 1.19 bits per heavy atom. The van der Waals surface area contributed by atoms with Gasteiger partial charge >= 0.3 is 0 Å². The van der Waals surface area contributed by atoms with Crippen molar-refractivity contribution in [2.45, 2.75) is 30.7 Å². The van der Waals surface area contributed by atoms with Crippen LogP contribution in [0.2, 0.25) is 0 Å². The summed E-state index contributed by atoms with van der Waals surface area (Å²) in [6.45, 7) is -0.504. The molecule has 0 radical (unpaired) electrons. The second-order valence-corrected chi connectivity index (χ2v) is 6.96. The number of benzene rings is 1. The van der Waals surface area contributed by atoms with E-state index in [1.165, 1.54) is 11.3 Å². The monoisotopic (exact) mass is 378 g/mol. The first kappa shape index (κ1) is 17.4. The predicted molar refractivity (Wildman–Crippen MR) is 93.8 cm³/mol. The molecule has 4 rings (SSSR count). The molecular weight excluding hydrogens is 360 g/mol. The molecule has 1 aliphatic rings. The first-order chi connectivity index (χ1) is 12.6. The minimum Gasteiger partial charge on any atom is -0.462 e. The van der Waals surface area contributed by atoms with E-state index in [2.05, 4.69) is 9.97 Å². The van der Waals surface area contributed by atoms with Crippen LogP contribution in [0.15, 0.2) is 36.0 Å². The minimum atomic E-state index is -1.48. The molecule has 5 atom stereocenters. The van der Waals surface area contributed by atoms with Gasteiger partial charge in [0.15, 0.2) is 0 Å². The maximum absolute atomic E-state index is 10.1. The average molecular weight is 378 g/mol. The summed E-state index contributed by atoms with van der Waals surface area (Å²) >= 11 is 1.52. The van der Waals surface area contributed by atoms with Gasteiger partial charge in [0.05, 0.1) is 6.61 Å². The van der Waals surface area contributed by atoms with Crippen molar-refractivity contribution in [1.29, 1.82) is 0 Å². The molecule has 0 spiro atoms. The van der Waals surface area contributed by atoms with Gasteiger partial charge in [-0.2, -0.15) is 0 Å². The first-order valence-electron chi connectivity index (χ1n) is 8.06. The molecule has 9 heteroatoms. The maximum atomic E-state index is 10.1. The molecular formula is C17H18N2O6S. The number of fused-ring (bicyclic) bond motifs is 1. The van der Waals surface area contributed by atoms with Crippen molar-refractivity contribution in [1.82, 2.24) is 9.97 Å². The Bertz CT molecular complexity index is 881. The van der Waals surface area contributed by atoms with E-state index in [0.29, 0.717) is 5.75 Å². The number of hydrogen-bond acceptors (Lipinski definition) is 8. The molecule has 1 fully saturated rings. The van der Waals surface area contributed by atoms with Crippen molar-refractivity contribution >= 4 is 22.2 Å². The topological polar surface area (TPSA) is 128 Å². The van der Waals surface area contributed by atoms with E-state index in [1.807, 2.05) is 17.6 Å². The number of thiazole rings is 1. The SMILES string of the molecule is OC[C@H]1O[C@@H](Oc2ccc3[nH]cc(-c4nccs4)c3c2)[C@H](O)[C@H](O)[C@H]1O. The number of aromatic nitrogens is 2. The van der Waals surface area contributed by atoms with Crippen LogP contribution >= 0.6 is 11.3 Å².